The SMILES string of the molecule is Cc1ccc2c(c1)-c1nc(-c3nc(C)nn3C(C)C)cn1CCO2. The predicted molar refractivity (Wildman–Crippen MR) is 92.0 cm³/mol. The van der Waals surface area contributed by atoms with Crippen LogP contribution in [0.5, 0.6) is 5.75 Å². The van der Waals surface area contributed by atoms with Crippen LogP contribution in [0.2, 0.25) is 0 Å². The molecule has 1 aromatic carbocycles. The second-order valence-corrected chi connectivity index (χ2v) is 6.51. The average molecular weight is 323 g/mol. The van der Waals surface area contributed by atoms with E-state index in [9.17, 15) is 0 Å². The summed E-state index contributed by atoms with van der Waals surface area (Å²) in [5.41, 5.74) is 3.08. The van der Waals surface area contributed by atoms with Gasteiger partial charge in [0.25, 0.3) is 0 Å². The van der Waals surface area contributed by atoms with Gasteiger partial charge in [0.05, 0.1) is 12.1 Å². The van der Waals surface area contributed by atoms with Crippen molar-refractivity contribution in [2.75, 3.05) is 6.61 Å². The highest BCUT2D eigenvalue weighted by molar-refractivity contribution is 5.69. The van der Waals surface area contributed by atoms with Gasteiger partial charge in [0.1, 0.15) is 29.7 Å². The lowest BCUT2D eigenvalue weighted by molar-refractivity contribution is 0.306. The summed E-state index contributed by atoms with van der Waals surface area (Å²) in [4.78, 5) is 9.47. The van der Waals surface area contributed by atoms with Crippen molar-refractivity contribution in [3.8, 4) is 28.7 Å². The second-order valence-electron chi connectivity index (χ2n) is 6.51. The first kappa shape index (κ1) is 14.9. The third-order valence-electron chi connectivity index (χ3n) is 4.20. The standard InChI is InChI=1S/C18H21N5O/c1-11(2)23-18(19-13(4)21-23)15-10-22-7-8-24-16-6-5-12(3)9-14(16)17(22)20-15/h5-6,9-11H,7-8H2,1-4H3. The molecule has 0 saturated carbocycles. The minimum Gasteiger partial charge on any atom is -0.491 e. The maximum atomic E-state index is 5.86. The first-order valence-electron chi connectivity index (χ1n) is 8.27. The van der Waals surface area contributed by atoms with Crippen LogP contribution in [0.25, 0.3) is 22.9 Å². The topological polar surface area (TPSA) is 57.8 Å². The molecule has 6 nitrogen and oxygen atoms in total. The van der Waals surface area contributed by atoms with Gasteiger partial charge < -0.3 is 9.30 Å². The smallest absolute Gasteiger partial charge is 0.178 e. The maximum absolute atomic E-state index is 5.86. The highest BCUT2D eigenvalue weighted by Crippen LogP contribution is 2.34. The summed E-state index contributed by atoms with van der Waals surface area (Å²) in [6.07, 6.45) is 2.05. The van der Waals surface area contributed by atoms with Crippen molar-refractivity contribution in [3.05, 3.63) is 35.8 Å². The van der Waals surface area contributed by atoms with Gasteiger partial charge in [-0.3, -0.25) is 0 Å². The molecule has 124 valence electrons. The minimum absolute atomic E-state index is 0.237. The molecule has 0 radical (unpaired) electrons. The third kappa shape index (κ3) is 2.38. The van der Waals surface area contributed by atoms with E-state index < -0.39 is 0 Å². The fraction of sp³-hybridized carbons (Fsp3) is 0.389. The molecule has 1 aliphatic heterocycles. The van der Waals surface area contributed by atoms with Gasteiger partial charge in [-0.1, -0.05) is 11.6 Å². The molecule has 0 atom stereocenters. The van der Waals surface area contributed by atoms with Crippen molar-refractivity contribution < 1.29 is 4.74 Å². The van der Waals surface area contributed by atoms with Crippen LogP contribution in [-0.4, -0.2) is 30.9 Å². The van der Waals surface area contributed by atoms with Crippen molar-refractivity contribution in [2.24, 2.45) is 0 Å². The van der Waals surface area contributed by atoms with Crippen LogP contribution in [-0.2, 0) is 6.54 Å². The quantitative estimate of drug-likeness (QED) is 0.725. The molecule has 1 aliphatic rings. The van der Waals surface area contributed by atoms with Gasteiger partial charge in [0.2, 0.25) is 0 Å². The number of fused-ring (bicyclic) bond motifs is 3. The molecule has 3 aromatic rings. The molecule has 0 spiro atoms. The van der Waals surface area contributed by atoms with Gasteiger partial charge in [-0.15, -0.1) is 0 Å². The zero-order chi connectivity index (χ0) is 16.8. The Morgan fingerprint density at radius 1 is 1.12 bits per heavy atom. The third-order valence-corrected chi connectivity index (χ3v) is 4.20. The second kappa shape index (κ2) is 5.47. The van der Waals surface area contributed by atoms with Gasteiger partial charge in [-0.2, -0.15) is 5.10 Å². The molecule has 3 heterocycles. The minimum atomic E-state index is 0.237. The average Bonchev–Trinajstić information content (AvgIpc) is 3.08. The molecular weight excluding hydrogens is 302 g/mol. The van der Waals surface area contributed by atoms with Gasteiger partial charge in [-0.05, 0) is 39.8 Å². The summed E-state index contributed by atoms with van der Waals surface area (Å²) >= 11 is 0. The molecule has 4 rings (SSSR count). The Hall–Kier alpha value is -2.63. The number of rotatable bonds is 2. The summed E-state index contributed by atoms with van der Waals surface area (Å²) in [7, 11) is 0. The molecule has 0 N–H and O–H groups in total. The first-order chi connectivity index (χ1) is 11.5. The number of hydrogen-bond donors (Lipinski definition) is 0. The van der Waals surface area contributed by atoms with Gasteiger partial charge in [0.15, 0.2) is 5.82 Å². The summed E-state index contributed by atoms with van der Waals surface area (Å²) in [5.74, 6) is 3.40. The Balaban J connectivity index is 1.88. The summed E-state index contributed by atoms with van der Waals surface area (Å²) < 4.78 is 9.95. The highest BCUT2D eigenvalue weighted by atomic mass is 16.5. The number of benzene rings is 1. The van der Waals surface area contributed by atoms with E-state index in [1.54, 1.807) is 0 Å². The monoisotopic (exact) mass is 323 g/mol. The lowest BCUT2D eigenvalue weighted by atomic mass is 10.1. The summed E-state index contributed by atoms with van der Waals surface area (Å²) in [6.45, 7) is 9.60. The Kier molecular flexibility index (Phi) is 3.40. The van der Waals surface area contributed by atoms with Crippen LogP contribution in [0, 0.1) is 13.8 Å². The van der Waals surface area contributed by atoms with E-state index in [1.807, 2.05) is 17.7 Å². The molecular formula is C18H21N5O. The molecule has 0 fully saturated rings. The van der Waals surface area contributed by atoms with Gasteiger partial charge in [-0.25, -0.2) is 14.6 Å². The van der Waals surface area contributed by atoms with E-state index in [0.717, 1.165) is 41.0 Å². The number of imidazole rings is 1. The zero-order valence-corrected chi connectivity index (χ0v) is 14.4. The fourth-order valence-electron chi connectivity index (χ4n) is 3.07. The van der Waals surface area contributed by atoms with Gasteiger partial charge in [0, 0.05) is 12.2 Å². The van der Waals surface area contributed by atoms with Crippen molar-refractivity contribution in [1.82, 2.24) is 24.3 Å². The van der Waals surface area contributed by atoms with Crippen LogP contribution in [0.3, 0.4) is 0 Å². The molecule has 24 heavy (non-hydrogen) atoms. The largest absolute Gasteiger partial charge is 0.491 e. The van der Waals surface area contributed by atoms with E-state index in [-0.39, 0.29) is 6.04 Å². The number of aryl methyl sites for hydroxylation is 2. The number of nitrogens with zero attached hydrogens (tertiary/aromatic N) is 5. The van der Waals surface area contributed by atoms with Crippen molar-refractivity contribution >= 4 is 0 Å². The molecule has 0 bridgehead atoms. The van der Waals surface area contributed by atoms with Crippen LogP contribution in [0.1, 0.15) is 31.3 Å². The number of ether oxygens (including phenoxy) is 1. The Bertz CT molecular complexity index is 906. The van der Waals surface area contributed by atoms with Crippen molar-refractivity contribution in [1.29, 1.82) is 0 Å². The van der Waals surface area contributed by atoms with Gasteiger partial charge >= 0.3 is 0 Å². The maximum Gasteiger partial charge on any atom is 0.178 e. The fourth-order valence-corrected chi connectivity index (χ4v) is 3.07. The lowest BCUT2D eigenvalue weighted by Gasteiger charge is -2.08. The zero-order valence-electron chi connectivity index (χ0n) is 14.4. The normalized spacial score (nSPS) is 13.4. The molecule has 2 aromatic heterocycles. The van der Waals surface area contributed by atoms with E-state index >= 15 is 0 Å². The van der Waals surface area contributed by atoms with Crippen LogP contribution >= 0.6 is 0 Å². The molecule has 0 unspecified atom stereocenters. The van der Waals surface area contributed by atoms with E-state index in [4.69, 9.17) is 9.72 Å². The van der Waals surface area contributed by atoms with Crippen LogP contribution in [0.4, 0.5) is 0 Å². The van der Waals surface area contributed by atoms with Crippen molar-refractivity contribution in [2.45, 2.75) is 40.3 Å². The predicted octanol–water partition coefficient (Wildman–Crippen LogP) is 3.40. The summed E-state index contributed by atoms with van der Waals surface area (Å²) in [6, 6.07) is 6.45. The lowest BCUT2D eigenvalue weighted by Crippen LogP contribution is -2.06. The molecule has 0 aliphatic carbocycles. The van der Waals surface area contributed by atoms with Crippen LogP contribution < -0.4 is 4.74 Å². The summed E-state index contributed by atoms with van der Waals surface area (Å²) in [5, 5.41) is 4.50. The first-order valence-corrected chi connectivity index (χ1v) is 8.27. The Labute approximate surface area is 141 Å². The molecule has 0 amide bonds. The van der Waals surface area contributed by atoms with E-state index in [2.05, 4.69) is 53.8 Å². The highest BCUT2D eigenvalue weighted by Gasteiger charge is 2.22. The number of hydrogen-bond acceptors (Lipinski definition) is 4. The van der Waals surface area contributed by atoms with E-state index in [0.29, 0.717) is 6.61 Å². The number of aromatic nitrogens is 5. The molecule has 0 saturated heterocycles. The van der Waals surface area contributed by atoms with E-state index in [1.165, 1.54) is 5.56 Å². The Morgan fingerprint density at radius 3 is 2.75 bits per heavy atom. The van der Waals surface area contributed by atoms with Crippen LogP contribution in [0.15, 0.2) is 24.4 Å². The Morgan fingerprint density at radius 2 is 1.96 bits per heavy atom. The molecule has 6 heteroatoms. The van der Waals surface area contributed by atoms with Crippen molar-refractivity contribution in [3.63, 3.8) is 0 Å².